The first-order valence-electron chi connectivity index (χ1n) is 4.74. The van der Waals surface area contributed by atoms with Gasteiger partial charge in [-0.1, -0.05) is 0 Å². The minimum absolute atomic E-state index is 0.178. The Bertz CT molecular complexity index is 241. The molecule has 2 rings (SSSR count). The molecule has 2 heterocycles. The van der Waals surface area contributed by atoms with E-state index in [0.29, 0.717) is 6.10 Å². The molecule has 13 heavy (non-hydrogen) atoms. The standard InChI is InChI=1S/C10H15NOS/c11-9(10-2-1-4-12-10)6-8-3-5-13-7-8/h3,5,7,9-10H,1-2,4,6,11H2. The molecule has 0 amide bonds. The van der Waals surface area contributed by atoms with Gasteiger partial charge in [0.25, 0.3) is 0 Å². The largest absolute Gasteiger partial charge is 0.377 e. The summed E-state index contributed by atoms with van der Waals surface area (Å²) in [7, 11) is 0. The number of rotatable bonds is 3. The molecule has 0 saturated carbocycles. The highest BCUT2D eigenvalue weighted by Crippen LogP contribution is 2.18. The Hall–Kier alpha value is -0.380. The molecule has 2 N–H and O–H groups in total. The maximum absolute atomic E-state index is 6.05. The Morgan fingerprint density at radius 1 is 1.69 bits per heavy atom. The number of hydrogen-bond donors (Lipinski definition) is 1. The summed E-state index contributed by atoms with van der Waals surface area (Å²) >= 11 is 1.73. The number of nitrogens with two attached hydrogens (primary N) is 1. The molecule has 2 unspecified atom stereocenters. The molecule has 1 aromatic rings. The van der Waals surface area contributed by atoms with Gasteiger partial charge in [0.1, 0.15) is 0 Å². The number of thiophene rings is 1. The quantitative estimate of drug-likeness (QED) is 0.802. The van der Waals surface area contributed by atoms with Crippen LogP contribution in [0.2, 0.25) is 0 Å². The monoisotopic (exact) mass is 197 g/mol. The zero-order chi connectivity index (χ0) is 9.10. The lowest BCUT2D eigenvalue weighted by Gasteiger charge is -2.17. The lowest BCUT2D eigenvalue weighted by atomic mass is 10.0. The van der Waals surface area contributed by atoms with Gasteiger partial charge < -0.3 is 10.5 Å². The molecule has 1 aliphatic heterocycles. The molecule has 72 valence electrons. The zero-order valence-corrected chi connectivity index (χ0v) is 8.43. The molecule has 2 nitrogen and oxygen atoms in total. The van der Waals surface area contributed by atoms with Gasteiger partial charge in [-0.2, -0.15) is 11.3 Å². The summed E-state index contributed by atoms with van der Waals surface area (Å²) in [6, 6.07) is 2.32. The molecule has 0 bridgehead atoms. The van der Waals surface area contributed by atoms with Crippen molar-refractivity contribution in [1.29, 1.82) is 0 Å². The third-order valence-electron chi connectivity index (χ3n) is 2.49. The van der Waals surface area contributed by atoms with E-state index in [1.165, 1.54) is 12.0 Å². The first-order chi connectivity index (χ1) is 6.36. The van der Waals surface area contributed by atoms with Crippen LogP contribution in [-0.2, 0) is 11.2 Å². The van der Waals surface area contributed by atoms with Crippen molar-refractivity contribution in [3.05, 3.63) is 22.4 Å². The van der Waals surface area contributed by atoms with Crippen molar-refractivity contribution < 1.29 is 4.74 Å². The van der Waals surface area contributed by atoms with Gasteiger partial charge in [-0.15, -0.1) is 0 Å². The molecular weight excluding hydrogens is 182 g/mol. The van der Waals surface area contributed by atoms with Crippen LogP contribution in [0.3, 0.4) is 0 Å². The fraction of sp³-hybridized carbons (Fsp3) is 0.600. The van der Waals surface area contributed by atoms with Gasteiger partial charge in [-0.3, -0.25) is 0 Å². The minimum Gasteiger partial charge on any atom is -0.377 e. The van der Waals surface area contributed by atoms with Crippen molar-refractivity contribution in [2.75, 3.05) is 6.61 Å². The van der Waals surface area contributed by atoms with Gasteiger partial charge in [-0.05, 0) is 41.7 Å². The maximum atomic E-state index is 6.05. The van der Waals surface area contributed by atoms with E-state index >= 15 is 0 Å². The van der Waals surface area contributed by atoms with Crippen molar-refractivity contribution >= 4 is 11.3 Å². The van der Waals surface area contributed by atoms with E-state index in [4.69, 9.17) is 10.5 Å². The molecule has 0 spiro atoms. The molecule has 3 heteroatoms. The third kappa shape index (κ3) is 2.30. The predicted octanol–water partition coefficient (Wildman–Crippen LogP) is 1.80. The van der Waals surface area contributed by atoms with Gasteiger partial charge in [0, 0.05) is 12.6 Å². The lowest BCUT2D eigenvalue weighted by Crippen LogP contribution is -2.35. The van der Waals surface area contributed by atoms with E-state index in [0.717, 1.165) is 19.4 Å². The highest BCUT2D eigenvalue weighted by Gasteiger charge is 2.22. The smallest absolute Gasteiger partial charge is 0.0730 e. The molecule has 1 aliphatic rings. The van der Waals surface area contributed by atoms with Crippen LogP contribution >= 0.6 is 11.3 Å². The van der Waals surface area contributed by atoms with Gasteiger partial charge >= 0.3 is 0 Å². The van der Waals surface area contributed by atoms with Gasteiger partial charge in [0.15, 0.2) is 0 Å². The number of hydrogen-bond acceptors (Lipinski definition) is 3. The minimum atomic E-state index is 0.178. The fourth-order valence-corrected chi connectivity index (χ4v) is 2.43. The second-order valence-electron chi connectivity index (χ2n) is 3.55. The molecule has 1 fully saturated rings. The lowest BCUT2D eigenvalue weighted by molar-refractivity contribution is 0.0900. The van der Waals surface area contributed by atoms with Crippen LogP contribution < -0.4 is 5.73 Å². The summed E-state index contributed by atoms with van der Waals surface area (Å²) in [5, 5.41) is 4.26. The van der Waals surface area contributed by atoms with Crippen molar-refractivity contribution in [2.24, 2.45) is 5.73 Å². The van der Waals surface area contributed by atoms with Gasteiger partial charge in [0.05, 0.1) is 6.10 Å². The third-order valence-corrected chi connectivity index (χ3v) is 3.23. The van der Waals surface area contributed by atoms with Crippen LogP contribution in [0.4, 0.5) is 0 Å². The van der Waals surface area contributed by atoms with Crippen LogP contribution in [0.5, 0.6) is 0 Å². The summed E-state index contributed by atoms with van der Waals surface area (Å²) in [5.74, 6) is 0. The molecule has 0 radical (unpaired) electrons. The van der Waals surface area contributed by atoms with Crippen LogP contribution in [0.25, 0.3) is 0 Å². The van der Waals surface area contributed by atoms with E-state index in [1.54, 1.807) is 11.3 Å². The Kier molecular flexibility index (Phi) is 2.98. The molecular formula is C10H15NOS. The second kappa shape index (κ2) is 4.22. The summed E-state index contributed by atoms with van der Waals surface area (Å²) in [6.45, 7) is 0.891. The average Bonchev–Trinajstić information content (AvgIpc) is 2.74. The van der Waals surface area contributed by atoms with Crippen molar-refractivity contribution in [1.82, 2.24) is 0 Å². The first-order valence-corrected chi connectivity index (χ1v) is 5.69. The summed E-state index contributed by atoms with van der Waals surface area (Å²) in [4.78, 5) is 0. The van der Waals surface area contributed by atoms with Crippen molar-refractivity contribution in [2.45, 2.75) is 31.4 Å². The first kappa shape index (κ1) is 9.19. The SMILES string of the molecule is NC(Cc1ccsc1)C1CCCO1. The zero-order valence-electron chi connectivity index (χ0n) is 7.61. The topological polar surface area (TPSA) is 35.2 Å². The van der Waals surface area contributed by atoms with Crippen LogP contribution in [0, 0.1) is 0 Å². The van der Waals surface area contributed by atoms with E-state index in [1.807, 2.05) is 0 Å². The van der Waals surface area contributed by atoms with Gasteiger partial charge in [0.2, 0.25) is 0 Å². The van der Waals surface area contributed by atoms with E-state index < -0.39 is 0 Å². The van der Waals surface area contributed by atoms with Crippen molar-refractivity contribution in [3.63, 3.8) is 0 Å². The van der Waals surface area contributed by atoms with E-state index in [2.05, 4.69) is 16.8 Å². The van der Waals surface area contributed by atoms with E-state index in [-0.39, 0.29) is 6.04 Å². The molecule has 1 aromatic heterocycles. The summed E-state index contributed by atoms with van der Waals surface area (Å²) in [5.41, 5.74) is 7.39. The normalized spacial score (nSPS) is 24.8. The molecule has 0 aromatic carbocycles. The Balaban J connectivity index is 1.87. The van der Waals surface area contributed by atoms with Crippen LogP contribution in [0.15, 0.2) is 16.8 Å². The highest BCUT2D eigenvalue weighted by atomic mass is 32.1. The van der Waals surface area contributed by atoms with Gasteiger partial charge in [-0.25, -0.2) is 0 Å². The molecule has 0 aliphatic carbocycles. The van der Waals surface area contributed by atoms with Crippen LogP contribution in [-0.4, -0.2) is 18.8 Å². The predicted molar refractivity (Wildman–Crippen MR) is 55.0 cm³/mol. The average molecular weight is 197 g/mol. The Morgan fingerprint density at radius 3 is 3.23 bits per heavy atom. The van der Waals surface area contributed by atoms with Crippen LogP contribution in [0.1, 0.15) is 18.4 Å². The van der Waals surface area contributed by atoms with Crippen molar-refractivity contribution in [3.8, 4) is 0 Å². The Labute approximate surface area is 82.7 Å². The fourth-order valence-electron chi connectivity index (χ4n) is 1.75. The second-order valence-corrected chi connectivity index (χ2v) is 4.33. The molecule has 1 saturated heterocycles. The summed E-state index contributed by atoms with van der Waals surface area (Å²) < 4.78 is 5.54. The highest BCUT2D eigenvalue weighted by molar-refractivity contribution is 7.07. The molecule has 2 atom stereocenters. The summed E-state index contributed by atoms with van der Waals surface area (Å²) in [6.07, 6.45) is 3.54. The number of ether oxygens (including phenoxy) is 1. The maximum Gasteiger partial charge on any atom is 0.0730 e. The Morgan fingerprint density at radius 2 is 2.62 bits per heavy atom. The van der Waals surface area contributed by atoms with E-state index in [9.17, 15) is 0 Å².